The minimum absolute atomic E-state index is 0.00681. The second kappa shape index (κ2) is 6.30. The summed E-state index contributed by atoms with van der Waals surface area (Å²) in [4.78, 5) is 11.9. The molecule has 0 spiro atoms. The molecule has 19 heavy (non-hydrogen) atoms. The summed E-state index contributed by atoms with van der Waals surface area (Å²) >= 11 is 1.66. The molecule has 1 heterocycles. The van der Waals surface area contributed by atoms with Crippen LogP contribution >= 0.6 is 11.8 Å². The number of hydrogen-bond donors (Lipinski definition) is 2. The summed E-state index contributed by atoms with van der Waals surface area (Å²) in [6, 6.07) is 5.57. The smallest absolute Gasteiger partial charge is 0.234 e. The van der Waals surface area contributed by atoms with Gasteiger partial charge >= 0.3 is 0 Å². The molecule has 0 aliphatic carbocycles. The molecule has 4 nitrogen and oxygen atoms in total. The molecule has 2 unspecified atom stereocenters. The third kappa shape index (κ3) is 3.88. The molecule has 1 fully saturated rings. The SMILES string of the molecule is Cc1ccc(NC(=O)CSC2CCOC2C)cc1N. The Labute approximate surface area is 118 Å². The van der Waals surface area contributed by atoms with Crippen LogP contribution in [0.2, 0.25) is 0 Å². The lowest BCUT2D eigenvalue weighted by atomic mass is 10.2. The second-order valence-corrected chi connectivity index (χ2v) is 6.06. The van der Waals surface area contributed by atoms with Crippen molar-refractivity contribution in [2.24, 2.45) is 0 Å². The van der Waals surface area contributed by atoms with Crippen molar-refractivity contribution >= 4 is 29.0 Å². The van der Waals surface area contributed by atoms with Gasteiger partial charge in [-0.3, -0.25) is 4.79 Å². The van der Waals surface area contributed by atoms with E-state index in [-0.39, 0.29) is 12.0 Å². The van der Waals surface area contributed by atoms with Gasteiger partial charge in [-0.05, 0) is 38.0 Å². The minimum Gasteiger partial charge on any atom is -0.398 e. The largest absolute Gasteiger partial charge is 0.398 e. The Morgan fingerprint density at radius 2 is 2.37 bits per heavy atom. The highest BCUT2D eigenvalue weighted by Gasteiger charge is 2.25. The van der Waals surface area contributed by atoms with Crippen LogP contribution in [0, 0.1) is 6.92 Å². The maximum Gasteiger partial charge on any atom is 0.234 e. The quantitative estimate of drug-likeness (QED) is 0.831. The molecule has 2 atom stereocenters. The van der Waals surface area contributed by atoms with Crippen molar-refractivity contribution in [3.8, 4) is 0 Å². The molecule has 1 aromatic rings. The monoisotopic (exact) mass is 280 g/mol. The molecule has 104 valence electrons. The van der Waals surface area contributed by atoms with E-state index in [9.17, 15) is 4.79 Å². The van der Waals surface area contributed by atoms with Gasteiger partial charge < -0.3 is 15.8 Å². The molecule has 1 amide bonds. The number of nitrogens with two attached hydrogens (primary N) is 1. The van der Waals surface area contributed by atoms with Gasteiger partial charge in [0.1, 0.15) is 0 Å². The van der Waals surface area contributed by atoms with E-state index < -0.39 is 0 Å². The number of nitrogens with one attached hydrogen (secondary N) is 1. The first-order valence-corrected chi connectivity index (χ1v) is 7.50. The van der Waals surface area contributed by atoms with E-state index in [1.165, 1.54) is 0 Å². The van der Waals surface area contributed by atoms with Crippen LogP contribution in [0.15, 0.2) is 18.2 Å². The molecule has 0 bridgehead atoms. The predicted molar refractivity (Wildman–Crippen MR) is 80.5 cm³/mol. The molecule has 0 saturated carbocycles. The van der Waals surface area contributed by atoms with Gasteiger partial charge in [-0.25, -0.2) is 0 Å². The van der Waals surface area contributed by atoms with Gasteiger partial charge in [0.15, 0.2) is 0 Å². The Morgan fingerprint density at radius 3 is 3.00 bits per heavy atom. The maximum absolute atomic E-state index is 11.9. The van der Waals surface area contributed by atoms with E-state index in [1.54, 1.807) is 17.8 Å². The van der Waals surface area contributed by atoms with Crippen LogP contribution in [0.5, 0.6) is 0 Å². The predicted octanol–water partition coefficient (Wildman–Crippen LogP) is 2.43. The van der Waals surface area contributed by atoms with Gasteiger partial charge in [0.05, 0.1) is 11.9 Å². The van der Waals surface area contributed by atoms with Crippen molar-refractivity contribution in [3.05, 3.63) is 23.8 Å². The van der Waals surface area contributed by atoms with Crippen molar-refractivity contribution in [1.82, 2.24) is 0 Å². The number of carbonyl (C=O) groups excluding carboxylic acids is 1. The van der Waals surface area contributed by atoms with Gasteiger partial charge in [0.2, 0.25) is 5.91 Å². The van der Waals surface area contributed by atoms with Gasteiger partial charge in [0.25, 0.3) is 0 Å². The zero-order chi connectivity index (χ0) is 13.8. The Hall–Kier alpha value is -1.20. The fourth-order valence-electron chi connectivity index (χ4n) is 2.03. The average molecular weight is 280 g/mol. The van der Waals surface area contributed by atoms with E-state index in [0.29, 0.717) is 16.7 Å². The van der Waals surface area contributed by atoms with Crippen LogP contribution in [-0.2, 0) is 9.53 Å². The summed E-state index contributed by atoms with van der Waals surface area (Å²) in [5, 5.41) is 3.29. The number of nitrogen functional groups attached to an aromatic ring is 1. The molecule has 1 aliphatic rings. The Bertz CT molecular complexity index is 465. The van der Waals surface area contributed by atoms with Crippen LogP contribution < -0.4 is 11.1 Å². The summed E-state index contributed by atoms with van der Waals surface area (Å²) < 4.78 is 5.48. The lowest BCUT2D eigenvalue weighted by Gasteiger charge is -2.13. The van der Waals surface area contributed by atoms with Gasteiger partial charge in [-0.2, -0.15) is 0 Å². The lowest BCUT2D eigenvalue weighted by Crippen LogP contribution is -2.20. The molecule has 2 rings (SSSR count). The second-order valence-electron chi connectivity index (χ2n) is 4.83. The summed E-state index contributed by atoms with van der Waals surface area (Å²) in [6.45, 7) is 4.80. The molecular weight excluding hydrogens is 260 g/mol. The summed E-state index contributed by atoms with van der Waals surface area (Å²) in [5.74, 6) is 0.457. The van der Waals surface area contributed by atoms with Crippen molar-refractivity contribution in [3.63, 3.8) is 0 Å². The average Bonchev–Trinajstić information content (AvgIpc) is 2.77. The van der Waals surface area contributed by atoms with Crippen LogP contribution in [0.3, 0.4) is 0 Å². The topological polar surface area (TPSA) is 64.3 Å². The highest BCUT2D eigenvalue weighted by atomic mass is 32.2. The number of aryl methyl sites for hydroxylation is 1. The fourth-order valence-corrected chi connectivity index (χ4v) is 3.08. The Balaban J connectivity index is 1.82. The first kappa shape index (κ1) is 14.2. The first-order chi connectivity index (χ1) is 9.06. The minimum atomic E-state index is 0.00681. The van der Waals surface area contributed by atoms with E-state index in [4.69, 9.17) is 10.5 Å². The number of hydrogen-bond acceptors (Lipinski definition) is 4. The van der Waals surface area contributed by atoms with E-state index in [2.05, 4.69) is 12.2 Å². The molecule has 0 aromatic heterocycles. The third-order valence-electron chi connectivity index (χ3n) is 3.30. The van der Waals surface area contributed by atoms with Crippen LogP contribution in [0.1, 0.15) is 18.9 Å². The molecule has 0 radical (unpaired) electrons. The van der Waals surface area contributed by atoms with E-state index in [1.807, 2.05) is 19.1 Å². The van der Waals surface area contributed by atoms with Gasteiger partial charge in [-0.15, -0.1) is 11.8 Å². The standard InChI is InChI=1S/C14H20N2O2S/c1-9-3-4-11(7-12(9)15)16-14(17)8-19-13-5-6-18-10(13)2/h3-4,7,10,13H,5-6,8,15H2,1-2H3,(H,16,17). The van der Waals surface area contributed by atoms with Crippen LogP contribution in [0.25, 0.3) is 0 Å². The number of ether oxygens (including phenoxy) is 1. The lowest BCUT2D eigenvalue weighted by molar-refractivity contribution is -0.113. The number of carbonyl (C=O) groups is 1. The number of benzene rings is 1. The molecular formula is C14H20N2O2S. The van der Waals surface area contributed by atoms with Crippen LogP contribution in [0.4, 0.5) is 11.4 Å². The molecule has 5 heteroatoms. The number of anilines is 2. The van der Waals surface area contributed by atoms with Crippen molar-refractivity contribution in [2.75, 3.05) is 23.4 Å². The first-order valence-electron chi connectivity index (χ1n) is 6.45. The highest BCUT2D eigenvalue weighted by molar-refractivity contribution is 8.00. The zero-order valence-corrected chi connectivity index (χ0v) is 12.1. The summed E-state index contributed by atoms with van der Waals surface area (Å²) in [6.07, 6.45) is 1.27. The number of rotatable bonds is 4. The molecule has 1 aromatic carbocycles. The fraction of sp³-hybridized carbons (Fsp3) is 0.500. The van der Waals surface area contributed by atoms with Gasteiger partial charge in [-0.1, -0.05) is 6.07 Å². The molecule has 3 N–H and O–H groups in total. The van der Waals surface area contributed by atoms with Crippen LogP contribution in [-0.4, -0.2) is 29.6 Å². The van der Waals surface area contributed by atoms with Crippen molar-refractivity contribution in [1.29, 1.82) is 0 Å². The normalized spacial score (nSPS) is 22.4. The number of amides is 1. The van der Waals surface area contributed by atoms with E-state index >= 15 is 0 Å². The summed E-state index contributed by atoms with van der Waals surface area (Å²) in [5.41, 5.74) is 8.28. The highest BCUT2D eigenvalue weighted by Crippen LogP contribution is 2.26. The zero-order valence-electron chi connectivity index (χ0n) is 11.3. The van der Waals surface area contributed by atoms with Crippen molar-refractivity contribution in [2.45, 2.75) is 31.6 Å². The van der Waals surface area contributed by atoms with Crippen molar-refractivity contribution < 1.29 is 9.53 Å². The number of thioether (sulfide) groups is 1. The maximum atomic E-state index is 11.9. The van der Waals surface area contributed by atoms with E-state index in [0.717, 1.165) is 24.3 Å². The summed E-state index contributed by atoms with van der Waals surface area (Å²) in [7, 11) is 0. The Kier molecular flexibility index (Phi) is 4.71. The third-order valence-corrected chi connectivity index (χ3v) is 4.77. The molecule has 1 aliphatic heterocycles. The molecule has 1 saturated heterocycles. The Morgan fingerprint density at radius 1 is 1.58 bits per heavy atom. The van der Waals surface area contributed by atoms with Gasteiger partial charge in [0, 0.05) is 23.2 Å².